The lowest BCUT2D eigenvalue weighted by atomic mass is 10.1. The van der Waals surface area contributed by atoms with Crippen LogP contribution in [0.3, 0.4) is 0 Å². The quantitative estimate of drug-likeness (QED) is 0.462. The van der Waals surface area contributed by atoms with Crippen LogP contribution in [0, 0.1) is 27.4 Å². The van der Waals surface area contributed by atoms with Crippen LogP contribution in [-0.4, -0.2) is 31.6 Å². The Morgan fingerprint density at radius 3 is 2.75 bits per heavy atom. The maximum Gasteiger partial charge on any atom is 0.310 e. The minimum Gasteiger partial charge on any atom is -0.469 e. The summed E-state index contributed by atoms with van der Waals surface area (Å²) in [5.41, 5.74) is 0.321. The van der Waals surface area contributed by atoms with Gasteiger partial charge in [-0.1, -0.05) is 6.92 Å². The van der Waals surface area contributed by atoms with Crippen molar-refractivity contribution in [2.75, 3.05) is 25.6 Å². The maximum absolute atomic E-state index is 11.4. The monoisotopic (exact) mass is 277 g/mol. The molecule has 1 unspecified atom stereocenters. The summed E-state index contributed by atoms with van der Waals surface area (Å²) in [4.78, 5) is 23.4. The first-order valence-corrected chi connectivity index (χ1v) is 5.88. The number of hydrogen-bond donors (Lipinski definition) is 0. The summed E-state index contributed by atoms with van der Waals surface area (Å²) in [5, 5.41) is 19.7. The molecule has 0 radical (unpaired) electrons. The topological polar surface area (TPSA) is 96.5 Å². The molecule has 1 aromatic rings. The number of nitrogens with zero attached hydrogens (tertiary/aromatic N) is 3. The molecule has 0 amide bonds. The van der Waals surface area contributed by atoms with Gasteiger partial charge in [-0.15, -0.1) is 0 Å². The van der Waals surface area contributed by atoms with Crippen LogP contribution >= 0.6 is 0 Å². The number of carbonyl (C=O) groups excluding carboxylic acids is 1. The first-order valence-electron chi connectivity index (χ1n) is 5.88. The third-order valence-electron chi connectivity index (χ3n) is 2.89. The van der Waals surface area contributed by atoms with E-state index in [1.165, 1.54) is 19.2 Å². The lowest BCUT2D eigenvalue weighted by Crippen LogP contribution is -2.29. The van der Waals surface area contributed by atoms with Crippen LogP contribution in [0.4, 0.5) is 11.4 Å². The van der Waals surface area contributed by atoms with Crippen LogP contribution in [0.25, 0.3) is 0 Å². The first-order chi connectivity index (χ1) is 9.40. The number of esters is 1. The summed E-state index contributed by atoms with van der Waals surface area (Å²) in [6.07, 6.45) is 0. The van der Waals surface area contributed by atoms with Gasteiger partial charge in [-0.2, -0.15) is 5.26 Å². The van der Waals surface area contributed by atoms with Gasteiger partial charge in [-0.3, -0.25) is 14.9 Å². The van der Waals surface area contributed by atoms with Crippen molar-refractivity contribution in [2.24, 2.45) is 5.92 Å². The number of rotatable bonds is 5. The first kappa shape index (κ1) is 15.4. The molecule has 0 aliphatic carbocycles. The minimum atomic E-state index is -0.598. The van der Waals surface area contributed by atoms with Gasteiger partial charge in [0.05, 0.1) is 18.0 Å². The van der Waals surface area contributed by atoms with E-state index in [-0.39, 0.29) is 23.1 Å². The summed E-state index contributed by atoms with van der Waals surface area (Å²) in [6, 6.07) is 6.10. The molecule has 0 aromatic heterocycles. The third-order valence-corrected chi connectivity index (χ3v) is 2.89. The Bertz CT molecular complexity index is 565. The van der Waals surface area contributed by atoms with Crippen LogP contribution < -0.4 is 4.90 Å². The molecule has 0 heterocycles. The van der Waals surface area contributed by atoms with Crippen LogP contribution in [0.5, 0.6) is 0 Å². The minimum absolute atomic E-state index is 0.00756. The third kappa shape index (κ3) is 3.45. The normalized spacial score (nSPS) is 11.3. The second kappa shape index (κ2) is 6.52. The summed E-state index contributed by atoms with van der Waals surface area (Å²) in [6.45, 7) is 2.07. The molecule has 0 bridgehead atoms. The molecule has 0 spiro atoms. The van der Waals surface area contributed by atoms with Crippen molar-refractivity contribution in [2.45, 2.75) is 6.92 Å². The van der Waals surface area contributed by atoms with Gasteiger partial charge in [0.25, 0.3) is 5.69 Å². The lowest BCUT2D eigenvalue weighted by Gasteiger charge is -2.22. The van der Waals surface area contributed by atoms with Gasteiger partial charge in [-0.05, 0) is 12.1 Å². The van der Waals surface area contributed by atoms with Gasteiger partial charge in [-0.25, -0.2) is 0 Å². The molecule has 0 aliphatic rings. The van der Waals surface area contributed by atoms with Crippen LogP contribution in [0.15, 0.2) is 18.2 Å². The molecule has 0 N–H and O–H groups in total. The van der Waals surface area contributed by atoms with E-state index in [1.807, 2.05) is 0 Å². The van der Waals surface area contributed by atoms with Crippen molar-refractivity contribution in [1.82, 2.24) is 0 Å². The number of nitro groups is 1. The highest BCUT2D eigenvalue weighted by molar-refractivity contribution is 5.73. The van der Waals surface area contributed by atoms with E-state index in [0.717, 1.165) is 0 Å². The molecule has 7 nitrogen and oxygen atoms in total. The molecule has 20 heavy (non-hydrogen) atoms. The second-order valence-electron chi connectivity index (χ2n) is 4.38. The number of anilines is 1. The Labute approximate surface area is 116 Å². The van der Waals surface area contributed by atoms with E-state index in [4.69, 9.17) is 5.26 Å². The summed E-state index contributed by atoms with van der Waals surface area (Å²) < 4.78 is 4.63. The standard InChI is InChI=1S/C13H15N3O4/c1-9(13(17)20-3)8-15(2)11-5-4-10(7-14)12(6-11)16(18)19/h4-6,9H,8H2,1-3H3. The fourth-order valence-corrected chi connectivity index (χ4v) is 1.79. The number of nitro benzene ring substituents is 1. The molecule has 0 fully saturated rings. The molecular weight excluding hydrogens is 262 g/mol. The zero-order valence-electron chi connectivity index (χ0n) is 11.5. The van der Waals surface area contributed by atoms with E-state index >= 15 is 0 Å². The molecule has 7 heteroatoms. The average molecular weight is 277 g/mol. The predicted octanol–water partition coefficient (Wildman–Crippen LogP) is 1.71. The number of benzene rings is 1. The summed E-state index contributed by atoms with van der Waals surface area (Å²) in [5.74, 6) is -0.709. The molecule has 1 aromatic carbocycles. The Morgan fingerprint density at radius 2 is 2.25 bits per heavy atom. The fraction of sp³-hybridized carbons (Fsp3) is 0.385. The van der Waals surface area contributed by atoms with Crippen molar-refractivity contribution in [3.63, 3.8) is 0 Å². The van der Waals surface area contributed by atoms with Crippen LogP contribution in [-0.2, 0) is 9.53 Å². The molecule has 106 valence electrons. The summed E-state index contributed by atoms with van der Waals surface area (Å²) in [7, 11) is 3.02. The van der Waals surface area contributed by atoms with E-state index in [1.54, 1.807) is 31.0 Å². The number of nitriles is 1. The zero-order valence-corrected chi connectivity index (χ0v) is 11.5. The van der Waals surface area contributed by atoms with E-state index < -0.39 is 4.92 Å². The van der Waals surface area contributed by atoms with Crippen molar-refractivity contribution in [1.29, 1.82) is 5.26 Å². The highest BCUT2D eigenvalue weighted by Crippen LogP contribution is 2.25. The zero-order chi connectivity index (χ0) is 15.3. The number of methoxy groups -OCH3 is 1. The molecule has 0 aliphatic heterocycles. The number of hydrogen-bond acceptors (Lipinski definition) is 6. The maximum atomic E-state index is 11.4. The molecule has 1 rings (SSSR count). The molecular formula is C13H15N3O4. The highest BCUT2D eigenvalue weighted by atomic mass is 16.6. The van der Waals surface area contributed by atoms with Gasteiger partial charge >= 0.3 is 5.97 Å². The number of ether oxygens (including phenoxy) is 1. The van der Waals surface area contributed by atoms with Gasteiger partial charge in [0, 0.05) is 25.3 Å². The van der Waals surface area contributed by atoms with Gasteiger partial charge in [0.2, 0.25) is 0 Å². The SMILES string of the molecule is COC(=O)C(C)CN(C)c1ccc(C#N)c([N+](=O)[O-])c1. The van der Waals surface area contributed by atoms with E-state index in [2.05, 4.69) is 4.74 Å². The van der Waals surface area contributed by atoms with Gasteiger partial charge < -0.3 is 9.64 Å². The predicted molar refractivity (Wildman–Crippen MR) is 72.3 cm³/mol. The Kier molecular flexibility index (Phi) is 5.03. The van der Waals surface area contributed by atoms with Gasteiger partial charge in [0.1, 0.15) is 11.6 Å². The molecule has 0 saturated carbocycles. The van der Waals surface area contributed by atoms with Crippen molar-refractivity contribution in [3.8, 4) is 6.07 Å². The van der Waals surface area contributed by atoms with Crippen molar-refractivity contribution < 1.29 is 14.5 Å². The highest BCUT2D eigenvalue weighted by Gasteiger charge is 2.19. The van der Waals surface area contributed by atoms with Crippen molar-refractivity contribution >= 4 is 17.3 Å². The Balaban J connectivity index is 2.97. The smallest absolute Gasteiger partial charge is 0.310 e. The largest absolute Gasteiger partial charge is 0.469 e. The molecule has 0 saturated heterocycles. The van der Waals surface area contributed by atoms with E-state index in [9.17, 15) is 14.9 Å². The van der Waals surface area contributed by atoms with Crippen LogP contribution in [0.1, 0.15) is 12.5 Å². The fourth-order valence-electron chi connectivity index (χ4n) is 1.79. The van der Waals surface area contributed by atoms with Crippen LogP contribution in [0.2, 0.25) is 0 Å². The Morgan fingerprint density at radius 1 is 1.60 bits per heavy atom. The second-order valence-corrected chi connectivity index (χ2v) is 4.38. The van der Waals surface area contributed by atoms with Gasteiger partial charge in [0.15, 0.2) is 0 Å². The average Bonchev–Trinajstić information content (AvgIpc) is 2.45. The molecule has 1 atom stereocenters. The van der Waals surface area contributed by atoms with E-state index in [0.29, 0.717) is 12.2 Å². The lowest BCUT2D eigenvalue weighted by molar-refractivity contribution is -0.385. The Hall–Kier alpha value is -2.62. The van der Waals surface area contributed by atoms with Crippen molar-refractivity contribution in [3.05, 3.63) is 33.9 Å². The summed E-state index contributed by atoms with van der Waals surface area (Å²) >= 11 is 0. The number of carbonyl (C=O) groups is 1.